The zero-order valence-electron chi connectivity index (χ0n) is 11.5. The van der Waals surface area contributed by atoms with E-state index in [4.69, 9.17) is 0 Å². The standard InChI is InChI=1S/C17H13NO3S/c19-22(20,21)17-8-4-1-5-14(17)10-9-13-11-12-18-16-7-3-2-6-15(13)16/h1-12H,(H,19,20,21). The molecule has 4 nitrogen and oxygen atoms in total. The Kier molecular flexibility index (Phi) is 3.75. The van der Waals surface area contributed by atoms with Crippen LogP contribution in [-0.4, -0.2) is 18.0 Å². The molecule has 0 fully saturated rings. The lowest BCUT2D eigenvalue weighted by molar-refractivity contribution is 0.483. The molecule has 1 aromatic heterocycles. The molecule has 110 valence electrons. The highest BCUT2D eigenvalue weighted by Crippen LogP contribution is 2.21. The van der Waals surface area contributed by atoms with Crippen LogP contribution in [0.25, 0.3) is 23.1 Å². The van der Waals surface area contributed by atoms with E-state index in [9.17, 15) is 13.0 Å². The van der Waals surface area contributed by atoms with Crippen molar-refractivity contribution in [1.29, 1.82) is 0 Å². The van der Waals surface area contributed by atoms with Gasteiger partial charge in [-0.25, -0.2) is 0 Å². The zero-order chi connectivity index (χ0) is 15.6. The Bertz CT molecular complexity index is 957. The maximum Gasteiger partial charge on any atom is 0.295 e. The average molecular weight is 311 g/mol. The van der Waals surface area contributed by atoms with Crippen molar-refractivity contribution in [2.24, 2.45) is 0 Å². The van der Waals surface area contributed by atoms with E-state index in [-0.39, 0.29) is 4.90 Å². The maximum absolute atomic E-state index is 11.4. The first kappa shape index (κ1) is 14.4. The fourth-order valence-electron chi connectivity index (χ4n) is 2.30. The molecule has 0 atom stereocenters. The minimum Gasteiger partial charge on any atom is -0.282 e. The minimum absolute atomic E-state index is 0.107. The quantitative estimate of drug-likeness (QED) is 0.750. The highest BCUT2D eigenvalue weighted by molar-refractivity contribution is 7.85. The van der Waals surface area contributed by atoms with Crippen LogP contribution in [0, 0.1) is 0 Å². The molecule has 22 heavy (non-hydrogen) atoms. The van der Waals surface area contributed by atoms with Gasteiger partial charge in [0.15, 0.2) is 0 Å². The van der Waals surface area contributed by atoms with Crippen LogP contribution in [0.15, 0.2) is 65.7 Å². The molecular weight excluding hydrogens is 298 g/mol. The monoisotopic (exact) mass is 311 g/mol. The first-order chi connectivity index (χ1) is 10.6. The van der Waals surface area contributed by atoms with Crippen molar-refractivity contribution in [3.63, 3.8) is 0 Å². The molecule has 1 heterocycles. The molecule has 1 N–H and O–H groups in total. The van der Waals surface area contributed by atoms with E-state index in [0.717, 1.165) is 16.5 Å². The molecule has 0 unspecified atom stereocenters. The van der Waals surface area contributed by atoms with Gasteiger partial charge in [-0.05, 0) is 29.3 Å². The Labute approximate surface area is 128 Å². The molecule has 0 bridgehead atoms. The number of hydrogen-bond acceptors (Lipinski definition) is 3. The minimum atomic E-state index is -4.24. The van der Waals surface area contributed by atoms with Crippen molar-refractivity contribution in [3.05, 3.63) is 71.9 Å². The van der Waals surface area contributed by atoms with Crippen LogP contribution >= 0.6 is 0 Å². The van der Waals surface area contributed by atoms with E-state index in [1.54, 1.807) is 30.5 Å². The summed E-state index contributed by atoms with van der Waals surface area (Å²) in [6, 6.07) is 15.9. The number of hydrogen-bond donors (Lipinski definition) is 1. The summed E-state index contributed by atoms with van der Waals surface area (Å²) in [5, 5.41) is 0.977. The number of aromatic nitrogens is 1. The second kappa shape index (κ2) is 5.71. The summed E-state index contributed by atoms with van der Waals surface area (Å²) in [5.41, 5.74) is 2.23. The van der Waals surface area contributed by atoms with Gasteiger partial charge in [0.25, 0.3) is 10.1 Å². The van der Waals surface area contributed by atoms with Crippen LogP contribution < -0.4 is 0 Å². The summed E-state index contributed by atoms with van der Waals surface area (Å²) >= 11 is 0. The topological polar surface area (TPSA) is 67.3 Å². The molecule has 0 amide bonds. The van der Waals surface area contributed by atoms with Gasteiger partial charge in [-0.1, -0.05) is 48.6 Å². The lowest BCUT2D eigenvalue weighted by Crippen LogP contribution is -2.00. The van der Waals surface area contributed by atoms with Gasteiger partial charge >= 0.3 is 0 Å². The molecule has 0 aliphatic carbocycles. The van der Waals surface area contributed by atoms with Gasteiger partial charge < -0.3 is 0 Å². The third-order valence-electron chi connectivity index (χ3n) is 3.32. The van der Waals surface area contributed by atoms with E-state index in [1.807, 2.05) is 36.4 Å². The van der Waals surface area contributed by atoms with E-state index >= 15 is 0 Å². The Balaban J connectivity index is 2.08. The molecule has 0 saturated heterocycles. The molecule has 0 saturated carbocycles. The lowest BCUT2D eigenvalue weighted by atomic mass is 10.1. The number of fused-ring (bicyclic) bond motifs is 1. The van der Waals surface area contributed by atoms with Crippen molar-refractivity contribution in [1.82, 2.24) is 4.98 Å². The van der Waals surface area contributed by atoms with Crippen LogP contribution in [-0.2, 0) is 10.1 Å². The molecule has 3 rings (SSSR count). The first-order valence-corrected chi connectivity index (χ1v) is 8.08. The van der Waals surface area contributed by atoms with Crippen molar-refractivity contribution in [2.45, 2.75) is 4.90 Å². The summed E-state index contributed by atoms with van der Waals surface area (Å²) in [5.74, 6) is 0. The number of rotatable bonds is 3. The predicted octanol–water partition coefficient (Wildman–Crippen LogP) is 3.65. The summed E-state index contributed by atoms with van der Waals surface area (Å²) in [6.45, 7) is 0. The zero-order valence-corrected chi connectivity index (χ0v) is 12.4. The van der Waals surface area contributed by atoms with Crippen LogP contribution in [0.3, 0.4) is 0 Å². The molecule has 5 heteroatoms. The van der Waals surface area contributed by atoms with E-state index < -0.39 is 10.1 Å². The normalized spacial score (nSPS) is 12.0. The smallest absolute Gasteiger partial charge is 0.282 e. The van der Waals surface area contributed by atoms with Crippen LogP contribution in [0.5, 0.6) is 0 Å². The van der Waals surface area contributed by atoms with Gasteiger partial charge in [-0.15, -0.1) is 0 Å². The molecule has 0 aliphatic heterocycles. The Hall–Kier alpha value is -2.50. The fourth-order valence-corrected chi connectivity index (χ4v) is 2.98. The lowest BCUT2D eigenvalue weighted by Gasteiger charge is -2.03. The van der Waals surface area contributed by atoms with Gasteiger partial charge in [-0.2, -0.15) is 8.42 Å². The second-order valence-corrected chi connectivity index (χ2v) is 6.15. The number of para-hydroxylation sites is 1. The SMILES string of the molecule is O=S(=O)(O)c1ccccc1C=Cc1ccnc2ccccc12. The van der Waals surface area contributed by atoms with Crippen LogP contribution in [0.1, 0.15) is 11.1 Å². The Morgan fingerprint density at radius 3 is 2.36 bits per heavy atom. The second-order valence-electron chi connectivity index (χ2n) is 4.76. The molecule has 2 aromatic carbocycles. The molecule has 0 aliphatic rings. The van der Waals surface area contributed by atoms with Crippen LogP contribution in [0.2, 0.25) is 0 Å². The van der Waals surface area contributed by atoms with Gasteiger partial charge in [0.1, 0.15) is 4.90 Å². The third-order valence-corrected chi connectivity index (χ3v) is 4.25. The Morgan fingerprint density at radius 2 is 1.55 bits per heavy atom. The van der Waals surface area contributed by atoms with Gasteiger partial charge in [0.05, 0.1) is 5.52 Å². The Morgan fingerprint density at radius 1 is 0.864 bits per heavy atom. The largest absolute Gasteiger partial charge is 0.295 e. The number of nitrogens with zero attached hydrogens (tertiary/aromatic N) is 1. The molecule has 0 radical (unpaired) electrons. The van der Waals surface area contributed by atoms with E-state index in [0.29, 0.717) is 5.56 Å². The number of benzene rings is 2. The molecule has 3 aromatic rings. The maximum atomic E-state index is 11.4. The van der Waals surface area contributed by atoms with Crippen molar-refractivity contribution < 1.29 is 13.0 Å². The van der Waals surface area contributed by atoms with Crippen molar-refractivity contribution >= 4 is 33.2 Å². The summed E-state index contributed by atoms with van der Waals surface area (Å²) in [7, 11) is -4.24. The summed E-state index contributed by atoms with van der Waals surface area (Å²) < 4.78 is 32.0. The van der Waals surface area contributed by atoms with Crippen LogP contribution in [0.4, 0.5) is 0 Å². The van der Waals surface area contributed by atoms with E-state index in [1.165, 1.54) is 6.07 Å². The van der Waals surface area contributed by atoms with Crippen molar-refractivity contribution in [2.75, 3.05) is 0 Å². The van der Waals surface area contributed by atoms with Gasteiger partial charge in [0.2, 0.25) is 0 Å². The van der Waals surface area contributed by atoms with Gasteiger partial charge in [-0.3, -0.25) is 9.54 Å². The predicted molar refractivity (Wildman–Crippen MR) is 86.9 cm³/mol. The van der Waals surface area contributed by atoms with Gasteiger partial charge in [0, 0.05) is 11.6 Å². The molecule has 0 spiro atoms. The summed E-state index contributed by atoms with van der Waals surface area (Å²) in [4.78, 5) is 4.18. The van der Waals surface area contributed by atoms with E-state index in [2.05, 4.69) is 4.98 Å². The highest BCUT2D eigenvalue weighted by Gasteiger charge is 2.12. The number of pyridine rings is 1. The summed E-state index contributed by atoms with van der Waals surface area (Å²) in [6.07, 6.45) is 5.19. The third kappa shape index (κ3) is 2.90. The fraction of sp³-hybridized carbons (Fsp3) is 0. The van der Waals surface area contributed by atoms with Crippen molar-refractivity contribution in [3.8, 4) is 0 Å². The molecular formula is C17H13NO3S. The average Bonchev–Trinajstić information content (AvgIpc) is 2.52. The first-order valence-electron chi connectivity index (χ1n) is 6.64. The highest BCUT2D eigenvalue weighted by atomic mass is 32.2.